The van der Waals surface area contributed by atoms with Gasteiger partial charge in [-0.1, -0.05) is 42.5 Å². The van der Waals surface area contributed by atoms with Crippen LogP contribution >= 0.6 is 0 Å². The van der Waals surface area contributed by atoms with E-state index < -0.39 is 17.9 Å². The summed E-state index contributed by atoms with van der Waals surface area (Å²) >= 11 is 0. The Morgan fingerprint density at radius 3 is 2.46 bits per heavy atom. The van der Waals surface area contributed by atoms with Crippen LogP contribution in [0.3, 0.4) is 0 Å². The van der Waals surface area contributed by atoms with Crippen molar-refractivity contribution in [1.82, 2.24) is 10.9 Å². The zero-order chi connectivity index (χ0) is 18.9. The van der Waals surface area contributed by atoms with Crippen LogP contribution in [0.5, 0.6) is 5.75 Å². The summed E-state index contributed by atoms with van der Waals surface area (Å²) in [4.78, 5) is 23.8. The molecule has 6 nitrogen and oxygen atoms in total. The lowest BCUT2D eigenvalue weighted by atomic mass is 10.1. The van der Waals surface area contributed by atoms with E-state index in [4.69, 9.17) is 9.47 Å². The van der Waals surface area contributed by atoms with Crippen LogP contribution in [-0.4, -0.2) is 24.5 Å². The number of carbonyl (C=O) groups is 2. The summed E-state index contributed by atoms with van der Waals surface area (Å²) < 4.78 is 11.0. The Morgan fingerprint density at radius 1 is 1.00 bits per heavy atom. The minimum atomic E-state index is -0.749. The maximum atomic E-state index is 12.1. The average Bonchev–Trinajstić information content (AvgIpc) is 2.64. The number of amides is 2. The van der Waals surface area contributed by atoms with Crippen LogP contribution < -0.4 is 15.6 Å². The Balaban J connectivity index is 1.71. The first-order valence-electron chi connectivity index (χ1n) is 8.40. The second-order valence-corrected chi connectivity index (χ2v) is 5.97. The van der Waals surface area contributed by atoms with Gasteiger partial charge in [-0.15, -0.1) is 0 Å². The number of aryl methyl sites for hydroxylation is 1. The van der Waals surface area contributed by atoms with E-state index in [9.17, 15) is 9.59 Å². The Morgan fingerprint density at radius 2 is 1.73 bits per heavy atom. The van der Waals surface area contributed by atoms with Crippen molar-refractivity contribution in [3.8, 4) is 5.75 Å². The molecule has 2 rings (SSSR count). The van der Waals surface area contributed by atoms with Gasteiger partial charge < -0.3 is 9.47 Å². The fourth-order valence-electron chi connectivity index (χ4n) is 2.20. The second-order valence-electron chi connectivity index (χ2n) is 5.97. The lowest BCUT2D eigenvalue weighted by Gasteiger charge is -2.17. The third-order valence-corrected chi connectivity index (χ3v) is 3.90. The topological polar surface area (TPSA) is 76.7 Å². The van der Waals surface area contributed by atoms with Crippen LogP contribution in [0.1, 0.15) is 23.6 Å². The number of hydrogen-bond acceptors (Lipinski definition) is 4. The Hall–Kier alpha value is -2.86. The summed E-state index contributed by atoms with van der Waals surface area (Å²) in [6.07, 6.45) is -0.749. The van der Waals surface area contributed by atoms with Gasteiger partial charge in [-0.3, -0.25) is 20.4 Å². The number of rotatable bonds is 7. The SMILES string of the molecule is Cc1cccc(OC(C)C(=O)NNC(=O)COCc2ccccc2)c1C. The molecule has 2 amide bonds. The molecule has 0 aromatic heterocycles. The van der Waals surface area contributed by atoms with E-state index >= 15 is 0 Å². The molecule has 0 bridgehead atoms. The zero-order valence-corrected chi connectivity index (χ0v) is 15.2. The summed E-state index contributed by atoms with van der Waals surface area (Å²) in [6, 6.07) is 15.2. The minimum absolute atomic E-state index is 0.151. The van der Waals surface area contributed by atoms with Crippen molar-refractivity contribution in [3.63, 3.8) is 0 Å². The van der Waals surface area contributed by atoms with Crippen LogP contribution in [-0.2, 0) is 20.9 Å². The van der Waals surface area contributed by atoms with E-state index in [1.807, 2.05) is 62.4 Å². The first-order chi connectivity index (χ1) is 12.5. The van der Waals surface area contributed by atoms with E-state index in [1.165, 1.54) is 0 Å². The third-order valence-electron chi connectivity index (χ3n) is 3.90. The van der Waals surface area contributed by atoms with Gasteiger partial charge in [-0.2, -0.15) is 0 Å². The maximum Gasteiger partial charge on any atom is 0.279 e. The molecule has 0 saturated heterocycles. The molecule has 26 heavy (non-hydrogen) atoms. The maximum absolute atomic E-state index is 12.1. The molecule has 6 heteroatoms. The van der Waals surface area contributed by atoms with E-state index in [0.717, 1.165) is 16.7 Å². The minimum Gasteiger partial charge on any atom is -0.481 e. The molecule has 2 aromatic carbocycles. The largest absolute Gasteiger partial charge is 0.481 e. The standard InChI is InChI=1S/C20H24N2O4/c1-14-8-7-11-18(15(14)2)26-16(3)20(24)22-21-19(23)13-25-12-17-9-5-4-6-10-17/h4-11,16H,12-13H2,1-3H3,(H,21,23)(H,22,24). The van der Waals surface area contributed by atoms with Gasteiger partial charge in [0.1, 0.15) is 12.4 Å². The molecule has 0 aliphatic rings. The summed E-state index contributed by atoms with van der Waals surface area (Å²) in [7, 11) is 0. The Labute approximate surface area is 153 Å². The number of carbonyl (C=O) groups excluding carboxylic acids is 2. The van der Waals surface area contributed by atoms with Gasteiger partial charge in [-0.25, -0.2) is 0 Å². The molecule has 1 unspecified atom stereocenters. The molecule has 0 spiro atoms. The van der Waals surface area contributed by atoms with Crippen molar-refractivity contribution in [3.05, 3.63) is 65.2 Å². The van der Waals surface area contributed by atoms with Gasteiger partial charge in [0, 0.05) is 0 Å². The molecule has 0 fully saturated rings. The number of hydrogen-bond donors (Lipinski definition) is 2. The molecule has 138 valence electrons. The van der Waals surface area contributed by atoms with Crippen LogP contribution in [0.25, 0.3) is 0 Å². The Bertz CT molecular complexity index is 747. The number of ether oxygens (including phenoxy) is 2. The first kappa shape index (κ1) is 19.5. The predicted molar refractivity (Wildman–Crippen MR) is 98.4 cm³/mol. The molecule has 0 radical (unpaired) electrons. The molecule has 2 N–H and O–H groups in total. The Kier molecular flexibility index (Phi) is 7.17. The normalized spacial score (nSPS) is 11.5. The van der Waals surface area contributed by atoms with Gasteiger partial charge in [-0.05, 0) is 43.5 Å². The monoisotopic (exact) mass is 356 g/mol. The van der Waals surface area contributed by atoms with Crippen molar-refractivity contribution in [2.45, 2.75) is 33.5 Å². The van der Waals surface area contributed by atoms with Crippen LogP contribution in [0.15, 0.2) is 48.5 Å². The summed E-state index contributed by atoms with van der Waals surface area (Å²) in [5.74, 6) is -0.235. The highest BCUT2D eigenvalue weighted by molar-refractivity contribution is 5.85. The highest BCUT2D eigenvalue weighted by Gasteiger charge is 2.16. The van der Waals surface area contributed by atoms with E-state index in [-0.39, 0.29) is 6.61 Å². The van der Waals surface area contributed by atoms with Crippen LogP contribution in [0, 0.1) is 13.8 Å². The lowest BCUT2D eigenvalue weighted by Crippen LogP contribution is -2.48. The van der Waals surface area contributed by atoms with Crippen molar-refractivity contribution >= 4 is 11.8 Å². The van der Waals surface area contributed by atoms with Crippen LogP contribution in [0.4, 0.5) is 0 Å². The van der Waals surface area contributed by atoms with Gasteiger partial charge in [0.15, 0.2) is 6.10 Å². The van der Waals surface area contributed by atoms with Crippen LogP contribution in [0.2, 0.25) is 0 Å². The quantitative estimate of drug-likeness (QED) is 0.747. The summed E-state index contributed by atoms with van der Waals surface area (Å²) in [6.45, 7) is 5.70. The molecule has 2 aromatic rings. The molecular weight excluding hydrogens is 332 g/mol. The smallest absolute Gasteiger partial charge is 0.279 e. The molecule has 0 heterocycles. The average molecular weight is 356 g/mol. The highest BCUT2D eigenvalue weighted by Crippen LogP contribution is 2.21. The van der Waals surface area contributed by atoms with Crippen molar-refractivity contribution in [2.75, 3.05) is 6.61 Å². The summed E-state index contributed by atoms with van der Waals surface area (Å²) in [5.41, 5.74) is 7.69. The van der Waals surface area contributed by atoms with Gasteiger partial charge in [0.05, 0.1) is 6.61 Å². The molecule has 0 saturated carbocycles. The number of benzene rings is 2. The summed E-state index contributed by atoms with van der Waals surface area (Å²) in [5, 5.41) is 0. The number of nitrogens with one attached hydrogen (secondary N) is 2. The fraction of sp³-hybridized carbons (Fsp3) is 0.300. The van der Waals surface area contributed by atoms with Crippen molar-refractivity contribution in [2.24, 2.45) is 0 Å². The molecule has 0 aliphatic carbocycles. The third kappa shape index (κ3) is 5.89. The van der Waals surface area contributed by atoms with Gasteiger partial charge in [0.2, 0.25) is 0 Å². The van der Waals surface area contributed by atoms with Gasteiger partial charge >= 0.3 is 0 Å². The predicted octanol–water partition coefficient (Wildman–Crippen LogP) is 2.43. The molecule has 1 atom stereocenters. The van der Waals surface area contributed by atoms with E-state index in [0.29, 0.717) is 12.4 Å². The second kappa shape index (κ2) is 9.58. The lowest BCUT2D eigenvalue weighted by molar-refractivity contribution is -0.134. The van der Waals surface area contributed by atoms with Gasteiger partial charge in [0.25, 0.3) is 11.8 Å². The first-order valence-corrected chi connectivity index (χ1v) is 8.40. The molecule has 0 aliphatic heterocycles. The van der Waals surface area contributed by atoms with E-state index in [1.54, 1.807) is 6.92 Å². The molecular formula is C20H24N2O4. The zero-order valence-electron chi connectivity index (χ0n) is 15.2. The highest BCUT2D eigenvalue weighted by atomic mass is 16.5. The van der Waals surface area contributed by atoms with Crippen molar-refractivity contribution < 1.29 is 19.1 Å². The van der Waals surface area contributed by atoms with E-state index in [2.05, 4.69) is 10.9 Å². The fourth-order valence-corrected chi connectivity index (χ4v) is 2.20. The van der Waals surface area contributed by atoms with Crippen molar-refractivity contribution in [1.29, 1.82) is 0 Å². The number of hydrazine groups is 1.